The van der Waals surface area contributed by atoms with Crippen molar-refractivity contribution in [3.63, 3.8) is 0 Å². The van der Waals surface area contributed by atoms with Gasteiger partial charge in [-0.2, -0.15) is 0 Å². The molecule has 0 aliphatic rings. The van der Waals surface area contributed by atoms with Gasteiger partial charge in [0, 0.05) is 30.2 Å². The summed E-state index contributed by atoms with van der Waals surface area (Å²) in [5, 5.41) is 19.3. The lowest BCUT2D eigenvalue weighted by Gasteiger charge is -2.15. The smallest absolute Gasteiger partial charge is 0.270 e. The summed E-state index contributed by atoms with van der Waals surface area (Å²) in [5.41, 5.74) is 0.650. The molecule has 1 rings (SSSR count). The quantitative estimate of drug-likeness (QED) is 0.656. The number of aliphatic hydroxyl groups excluding tert-OH is 1. The van der Waals surface area contributed by atoms with Gasteiger partial charge in [0.25, 0.3) is 5.69 Å². The third kappa shape index (κ3) is 3.78. The summed E-state index contributed by atoms with van der Waals surface area (Å²) in [4.78, 5) is 23.2. The molecule has 0 spiro atoms. The largest absolute Gasteiger partial charge is 0.395 e. The molecule has 0 atom stereocenters. The highest BCUT2D eigenvalue weighted by molar-refractivity contribution is 9.10. The highest BCUT2D eigenvalue weighted by atomic mass is 79.9. The van der Waals surface area contributed by atoms with Crippen LogP contribution in [0.15, 0.2) is 22.7 Å². The van der Waals surface area contributed by atoms with Crippen LogP contribution in [0.1, 0.15) is 5.56 Å². The summed E-state index contributed by atoms with van der Waals surface area (Å²) in [5.74, 6) is -0.154. The highest BCUT2D eigenvalue weighted by Gasteiger charge is 2.14. The Hall–Kier alpha value is -1.47. The zero-order chi connectivity index (χ0) is 13.7. The Morgan fingerprint density at radius 2 is 2.22 bits per heavy atom. The number of amides is 1. The monoisotopic (exact) mass is 316 g/mol. The SMILES string of the molecule is CN(CCO)C(=O)Cc1ccc([N+](=O)[O-])cc1Br. The van der Waals surface area contributed by atoms with Crippen LogP contribution in [0.3, 0.4) is 0 Å². The van der Waals surface area contributed by atoms with E-state index in [1.54, 1.807) is 13.1 Å². The lowest BCUT2D eigenvalue weighted by molar-refractivity contribution is -0.384. The minimum absolute atomic E-state index is 0.0261. The molecule has 1 amide bonds. The van der Waals surface area contributed by atoms with E-state index in [4.69, 9.17) is 5.11 Å². The molecule has 98 valence electrons. The molecule has 0 aromatic heterocycles. The van der Waals surface area contributed by atoms with E-state index in [0.717, 1.165) is 0 Å². The second-order valence-corrected chi connectivity index (χ2v) is 4.60. The highest BCUT2D eigenvalue weighted by Crippen LogP contribution is 2.23. The van der Waals surface area contributed by atoms with Gasteiger partial charge in [0.2, 0.25) is 5.91 Å². The fourth-order valence-electron chi connectivity index (χ4n) is 1.37. The Balaban J connectivity index is 2.79. The maximum absolute atomic E-state index is 11.7. The predicted octanol–water partition coefficient (Wildman–Crippen LogP) is 1.35. The molecule has 0 aliphatic carbocycles. The molecule has 0 aliphatic heterocycles. The van der Waals surface area contributed by atoms with Crippen molar-refractivity contribution in [2.75, 3.05) is 20.2 Å². The van der Waals surface area contributed by atoms with Gasteiger partial charge < -0.3 is 10.0 Å². The average molecular weight is 317 g/mol. The summed E-state index contributed by atoms with van der Waals surface area (Å²) in [6, 6.07) is 4.28. The second-order valence-electron chi connectivity index (χ2n) is 3.75. The summed E-state index contributed by atoms with van der Waals surface area (Å²) in [6.45, 7) is 0.174. The Bertz CT molecular complexity index is 464. The number of likely N-dealkylation sites (N-methyl/N-ethyl adjacent to an activating group) is 1. The minimum atomic E-state index is -0.492. The molecular weight excluding hydrogens is 304 g/mol. The molecule has 0 radical (unpaired) electrons. The topological polar surface area (TPSA) is 83.7 Å². The van der Waals surface area contributed by atoms with Gasteiger partial charge in [0.15, 0.2) is 0 Å². The van der Waals surface area contributed by atoms with Crippen LogP contribution in [-0.2, 0) is 11.2 Å². The zero-order valence-electron chi connectivity index (χ0n) is 9.80. The summed E-state index contributed by atoms with van der Waals surface area (Å²) >= 11 is 3.21. The van der Waals surface area contributed by atoms with Gasteiger partial charge in [-0.15, -0.1) is 0 Å². The van der Waals surface area contributed by atoms with E-state index in [2.05, 4.69) is 15.9 Å². The third-order valence-corrected chi connectivity index (χ3v) is 3.19. The minimum Gasteiger partial charge on any atom is -0.395 e. The second kappa shape index (κ2) is 6.46. The fourth-order valence-corrected chi connectivity index (χ4v) is 1.87. The number of hydrogen-bond donors (Lipinski definition) is 1. The molecule has 18 heavy (non-hydrogen) atoms. The van der Waals surface area contributed by atoms with Crippen LogP contribution in [0.5, 0.6) is 0 Å². The number of carbonyl (C=O) groups is 1. The number of halogens is 1. The standard InChI is InChI=1S/C11H13BrN2O4/c1-13(4-5-15)11(16)6-8-2-3-9(14(17)18)7-10(8)12/h2-3,7,15H,4-6H2,1H3. The van der Waals surface area contributed by atoms with Crippen molar-refractivity contribution in [1.29, 1.82) is 0 Å². The molecule has 0 unspecified atom stereocenters. The average Bonchev–Trinajstić information content (AvgIpc) is 2.31. The zero-order valence-corrected chi connectivity index (χ0v) is 11.4. The first kappa shape index (κ1) is 14.6. The van der Waals surface area contributed by atoms with Crippen LogP contribution in [0.4, 0.5) is 5.69 Å². The van der Waals surface area contributed by atoms with Crippen molar-refractivity contribution in [3.8, 4) is 0 Å². The van der Waals surface area contributed by atoms with Gasteiger partial charge in [0.05, 0.1) is 18.0 Å². The summed E-state index contributed by atoms with van der Waals surface area (Å²) in [7, 11) is 1.60. The Morgan fingerprint density at radius 1 is 1.56 bits per heavy atom. The molecule has 0 saturated carbocycles. The van der Waals surface area contributed by atoms with E-state index in [9.17, 15) is 14.9 Å². The number of nitrogens with zero attached hydrogens (tertiary/aromatic N) is 2. The van der Waals surface area contributed by atoms with E-state index >= 15 is 0 Å². The molecule has 1 aromatic carbocycles. The van der Waals surface area contributed by atoms with Gasteiger partial charge in [-0.3, -0.25) is 14.9 Å². The maximum atomic E-state index is 11.7. The van der Waals surface area contributed by atoms with Crippen molar-refractivity contribution < 1.29 is 14.8 Å². The predicted molar refractivity (Wildman–Crippen MR) is 69.2 cm³/mol. The molecular formula is C11H13BrN2O4. The first-order chi connectivity index (χ1) is 8.45. The molecule has 0 bridgehead atoms. The van der Waals surface area contributed by atoms with Crippen molar-refractivity contribution in [2.24, 2.45) is 0 Å². The molecule has 1 N–H and O–H groups in total. The number of aliphatic hydroxyl groups is 1. The number of rotatable bonds is 5. The van der Waals surface area contributed by atoms with Crippen molar-refractivity contribution in [2.45, 2.75) is 6.42 Å². The van der Waals surface area contributed by atoms with E-state index in [0.29, 0.717) is 10.0 Å². The maximum Gasteiger partial charge on any atom is 0.270 e. The summed E-state index contributed by atoms with van der Waals surface area (Å²) < 4.78 is 0.530. The number of hydrogen-bond acceptors (Lipinski definition) is 4. The molecule has 0 heterocycles. The van der Waals surface area contributed by atoms with Crippen LogP contribution in [-0.4, -0.2) is 41.0 Å². The number of non-ortho nitro benzene ring substituents is 1. The molecule has 0 saturated heterocycles. The van der Waals surface area contributed by atoms with Crippen LogP contribution >= 0.6 is 15.9 Å². The lowest BCUT2D eigenvalue weighted by atomic mass is 10.1. The fraction of sp³-hybridized carbons (Fsp3) is 0.364. The number of benzene rings is 1. The number of carbonyl (C=O) groups excluding carboxylic acids is 1. The van der Waals surface area contributed by atoms with Gasteiger partial charge >= 0.3 is 0 Å². The number of nitro groups is 1. The van der Waals surface area contributed by atoms with E-state index in [-0.39, 0.29) is 31.2 Å². The first-order valence-corrected chi connectivity index (χ1v) is 6.02. The van der Waals surface area contributed by atoms with E-state index < -0.39 is 4.92 Å². The van der Waals surface area contributed by atoms with Gasteiger partial charge in [-0.1, -0.05) is 22.0 Å². The first-order valence-electron chi connectivity index (χ1n) is 5.23. The van der Waals surface area contributed by atoms with Gasteiger partial charge in [0.1, 0.15) is 0 Å². The van der Waals surface area contributed by atoms with Gasteiger partial charge in [-0.05, 0) is 5.56 Å². The third-order valence-electron chi connectivity index (χ3n) is 2.45. The summed E-state index contributed by atoms with van der Waals surface area (Å²) in [6.07, 6.45) is 0.134. The van der Waals surface area contributed by atoms with Crippen molar-refractivity contribution in [3.05, 3.63) is 38.3 Å². The Kier molecular flexibility index (Phi) is 5.24. The van der Waals surface area contributed by atoms with Gasteiger partial charge in [-0.25, -0.2) is 0 Å². The van der Waals surface area contributed by atoms with E-state index in [1.165, 1.54) is 17.0 Å². The number of nitro benzene ring substituents is 1. The van der Waals surface area contributed by atoms with Crippen LogP contribution in [0.25, 0.3) is 0 Å². The van der Waals surface area contributed by atoms with Crippen molar-refractivity contribution in [1.82, 2.24) is 4.90 Å². The van der Waals surface area contributed by atoms with Crippen LogP contribution in [0, 0.1) is 10.1 Å². The molecule has 0 fully saturated rings. The van der Waals surface area contributed by atoms with Crippen molar-refractivity contribution >= 4 is 27.5 Å². The molecule has 1 aromatic rings. The van der Waals surface area contributed by atoms with Crippen LogP contribution < -0.4 is 0 Å². The Morgan fingerprint density at radius 3 is 2.72 bits per heavy atom. The lowest BCUT2D eigenvalue weighted by Crippen LogP contribution is -2.30. The molecule has 6 nitrogen and oxygen atoms in total. The Labute approximate surface area is 112 Å². The van der Waals surface area contributed by atoms with E-state index in [1.807, 2.05) is 0 Å². The van der Waals surface area contributed by atoms with Crippen LogP contribution in [0.2, 0.25) is 0 Å². The molecule has 7 heteroatoms. The normalized spacial score (nSPS) is 10.2.